The molecule has 2 rings (SSSR count). The molecule has 0 aromatic heterocycles. The predicted octanol–water partition coefficient (Wildman–Crippen LogP) is 4.74. The quantitative estimate of drug-likeness (QED) is 0.469. The molecular formula is C14H16Br2INO. The minimum atomic E-state index is 0.0117. The lowest BCUT2D eigenvalue weighted by molar-refractivity contribution is 0.0934. The molecule has 2 nitrogen and oxygen atoms in total. The van der Waals surface area contributed by atoms with Gasteiger partial charge >= 0.3 is 0 Å². The Morgan fingerprint density at radius 1 is 1.37 bits per heavy atom. The lowest BCUT2D eigenvalue weighted by Crippen LogP contribution is -2.37. The maximum absolute atomic E-state index is 12.3. The highest BCUT2D eigenvalue weighted by atomic mass is 127. The van der Waals surface area contributed by atoms with Gasteiger partial charge in [0.25, 0.3) is 5.91 Å². The molecule has 0 saturated heterocycles. The Morgan fingerprint density at radius 2 is 2.05 bits per heavy atom. The van der Waals surface area contributed by atoms with E-state index in [1.54, 1.807) is 0 Å². The molecule has 1 fully saturated rings. The van der Waals surface area contributed by atoms with Gasteiger partial charge in [0.2, 0.25) is 0 Å². The third kappa shape index (κ3) is 3.94. The Balaban J connectivity index is 2.03. The molecule has 1 saturated carbocycles. The highest BCUT2D eigenvalue weighted by Crippen LogP contribution is 2.39. The van der Waals surface area contributed by atoms with Gasteiger partial charge in [0.15, 0.2) is 0 Å². The van der Waals surface area contributed by atoms with E-state index < -0.39 is 0 Å². The molecule has 0 aliphatic heterocycles. The second-order valence-electron chi connectivity index (χ2n) is 5.15. The summed E-state index contributed by atoms with van der Waals surface area (Å²) < 4.78 is 1.92. The maximum Gasteiger partial charge on any atom is 0.252 e. The van der Waals surface area contributed by atoms with Gasteiger partial charge in [-0.2, -0.15) is 0 Å². The number of rotatable bonds is 4. The number of carbonyl (C=O) groups excluding carboxylic acids is 1. The van der Waals surface area contributed by atoms with Crippen molar-refractivity contribution < 1.29 is 4.79 Å². The first-order valence-corrected chi connectivity index (χ1v) is 9.35. The molecule has 104 valence electrons. The van der Waals surface area contributed by atoms with E-state index in [1.165, 1.54) is 25.7 Å². The van der Waals surface area contributed by atoms with Crippen LogP contribution in [-0.2, 0) is 0 Å². The zero-order valence-electron chi connectivity index (χ0n) is 10.5. The van der Waals surface area contributed by atoms with Crippen LogP contribution < -0.4 is 5.32 Å². The highest BCUT2D eigenvalue weighted by molar-refractivity contribution is 14.1. The average molecular weight is 501 g/mol. The third-order valence-electron chi connectivity index (χ3n) is 3.74. The summed E-state index contributed by atoms with van der Waals surface area (Å²) in [6.07, 6.45) is 4.95. The van der Waals surface area contributed by atoms with Crippen LogP contribution in [-0.4, -0.2) is 17.8 Å². The second kappa shape index (κ2) is 6.89. The van der Waals surface area contributed by atoms with Gasteiger partial charge < -0.3 is 5.32 Å². The highest BCUT2D eigenvalue weighted by Gasteiger charge is 2.33. The van der Waals surface area contributed by atoms with E-state index in [2.05, 4.69) is 59.8 Å². The van der Waals surface area contributed by atoms with Crippen LogP contribution in [0, 0.1) is 8.99 Å². The Bertz CT molecular complexity index is 473. The lowest BCUT2D eigenvalue weighted by atomic mass is 9.89. The van der Waals surface area contributed by atoms with Gasteiger partial charge in [0.1, 0.15) is 0 Å². The van der Waals surface area contributed by atoms with Crippen LogP contribution in [0.2, 0.25) is 0 Å². The van der Waals surface area contributed by atoms with Crippen molar-refractivity contribution in [1.29, 1.82) is 0 Å². The predicted molar refractivity (Wildman–Crippen MR) is 93.9 cm³/mol. The number of amides is 1. The molecule has 0 spiro atoms. The minimum Gasteiger partial charge on any atom is -0.351 e. The Kier molecular flexibility index (Phi) is 5.72. The van der Waals surface area contributed by atoms with Gasteiger partial charge in [-0.05, 0) is 75.0 Å². The monoisotopic (exact) mass is 499 g/mol. The Morgan fingerprint density at radius 3 is 2.68 bits per heavy atom. The van der Waals surface area contributed by atoms with Gasteiger partial charge in [-0.25, -0.2) is 0 Å². The third-order valence-corrected chi connectivity index (χ3v) is 6.30. The van der Waals surface area contributed by atoms with Crippen molar-refractivity contribution in [2.24, 2.45) is 5.41 Å². The van der Waals surface area contributed by atoms with Crippen molar-refractivity contribution >= 4 is 60.4 Å². The summed E-state index contributed by atoms with van der Waals surface area (Å²) in [7, 11) is 0. The smallest absolute Gasteiger partial charge is 0.252 e. The normalized spacial score (nSPS) is 17.4. The molecule has 1 aromatic carbocycles. The van der Waals surface area contributed by atoms with Crippen LogP contribution in [0.5, 0.6) is 0 Å². The Hall–Kier alpha value is 0.380. The van der Waals surface area contributed by atoms with Crippen molar-refractivity contribution in [2.75, 3.05) is 11.9 Å². The molecule has 0 bridgehead atoms. The molecule has 0 heterocycles. The van der Waals surface area contributed by atoms with E-state index >= 15 is 0 Å². The summed E-state index contributed by atoms with van der Waals surface area (Å²) >= 11 is 9.27. The zero-order chi connectivity index (χ0) is 13.9. The van der Waals surface area contributed by atoms with Crippen LogP contribution in [0.4, 0.5) is 0 Å². The number of nitrogens with one attached hydrogen (secondary N) is 1. The van der Waals surface area contributed by atoms with Gasteiger partial charge in [0, 0.05) is 19.9 Å². The van der Waals surface area contributed by atoms with Crippen molar-refractivity contribution in [3.63, 3.8) is 0 Å². The second-order valence-corrected chi connectivity index (χ2v) is 7.81. The molecule has 0 radical (unpaired) electrons. The van der Waals surface area contributed by atoms with Crippen LogP contribution in [0.3, 0.4) is 0 Å². The van der Waals surface area contributed by atoms with E-state index in [0.29, 0.717) is 0 Å². The standard InChI is InChI=1S/C14H16Br2INO/c15-8-14(5-1-2-6-14)9-18-13(19)11-7-10(17)3-4-12(11)16/h3-4,7H,1-2,5-6,8-9H2,(H,18,19). The van der Waals surface area contributed by atoms with Crippen LogP contribution in [0.25, 0.3) is 0 Å². The van der Waals surface area contributed by atoms with E-state index in [4.69, 9.17) is 0 Å². The van der Waals surface area contributed by atoms with Crippen LogP contribution >= 0.6 is 54.5 Å². The summed E-state index contributed by atoms with van der Waals surface area (Å²) in [5.74, 6) is 0.0117. The van der Waals surface area contributed by atoms with Crippen LogP contribution in [0.15, 0.2) is 22.7 Å². The van der Waals surface area contributed by atoms with Gasteiger partial charge in [0.05, 0.1) is 5.56 Å². The number of carbonyl (C=O) groups is 1. The molecular weight excluding hydrogens is 485 g/mol. The van der Waals surface area contributed by atoms with Crippen molar-refractivity contribution in [2.45, 2.75) is 25.7 Å². The SMILES string of the molecule is O=C(NCC1(CBr)CCCC1)c1cc(I)ccc1Br. The molecule has 0 unspecified atom stereocenters. The molecule has 19 heavy (non-hydrogen) atoms. The van der Waals surface area contributed by atoms with Crippen LogP contribution in [0.1, 0.15) is 36.0 Å². The topological polar surface area (TPSA) is 29.1 Å². The molecule has 1 amide bonds. The van der Waals surface area contributed by atoms with Crippen molar-refractivity contribution in [3.05, 3.63) is 31.8 Å². The molecule has 1 N–H and O–H groups in total. The minimum absolute atomic E-state index is 0.0117. The maximum atomic E-state index is 12.3. The Labute approximate surface area is 144 Å². The molecule has 0 atom stereocenters. The number of halogens is 3. The zero-order valence-corrected chi connectivity index (χ0v) is 15.8. The molecule has 1 aliphatic carbocycles. The fourth-order valence-corrected chi connectivity index (χ4v) is 4.19. The first-order valence-electron chi connectivity index (χ1n) is 6.36. The van der Waals surface area contributed by atoms with Crippen molar-refractivity contribution in [3.8, 4) is 0 Å². The summed E-state index contributed by atoms with van der Waals surface area (Å²) in [5.41, 5.74) is 0.971. The molecule has 1 aromatic rings. The van der Waals surface area contributed by atoms with Crippen molar-refractivity contribution in [1.82, 2.24) is 5.32 Å². The number of hydrogen-bond donors (Lipinski definition) is 1. The first-order chi connectivity index (χ1) is 9.06. The average Bonchev–Trinajstić information content (AvgIpc) is 2.88. The summed E-state index contributed by atoms with van der Waals surface area (Å²) in [5, 5.41) is 4.06. The number of benzene rings is 1. The molecule has 5 heteroatoms. The fourth-order valence-electron chi connectivity index (χ4n) is 2.52. The summed E-state index contributed by atoms with van der Waals surface area (Å²) in [4.78, 5) is 12.3. The number of hydrogen-bond acceptors (Lipinski definition) is 1. The van der Waals surface area contributed by atoms with E-state index in [-0.39, 0.29) is 11.3 Å². The lowest BCUT2D eigenvalue weighted by Gasteiger charge is -2.26. The fraction of sp³-hybridized carbons (Fsp3) is 0.500. The molecule has 1 aliphatic rings. The van der Waals surface area contributed by atoms with E-state index in [0.717, 1.165) is 25.5 Å². The summed E-state index contributed by atoms with van der Waals surface area (Å²) in [6, 6.07) is 5.82. The largest absolute Gasteiger partial charge is 0.351 e. The van der Waals surface area contributed by atoms with E-state index in [1.807, 2.05) is 18.2 Å². The van der Waals surface area contributed by atoms with Gasteiger partial charge in [-0.3, -0.25) is 4.79 Å². The van der Waals surface area contributed by atoms with E-state index in [9.17, 15) is 4.79 Å². The van der Waals surface area contributed by atoms with Gasteiger partial charge in [-0.1, -0.05) is 28.8 Å². The number of alkyl halides is 1. The summed E-state index contributed by atoms with van der Waals surface area (Å²) in [6.45, 7) is 0.759. The first kappa shape index (κ1) is 15.8. The van der Waals surface area contributed by atoms with Gasteiger partial charge in [-0.15, -0.1) is 0 Å².